The number of hydrogen-bond acceptors (Lipinski definition) is 10. The summed E-state index contributed by atoms with van der Waals surface area (Å²) in [5, 5.41) is 4.04. The number of hydrogen-bond donors (Lipinski definition) is 0. The van der Waals surface area contributed by atoms with E-state index in [0.717, 1.165) is 11.3 Å². The van der Waals surface area contributed by atoms with Gasteiger partial charge in [0.1, 0.15) is 12.4 Å². The number of aromatic nitrogens is 4. The molecule has 3 rings (SSSR count). The second-order valence-electron chi connectivity index (χ2n) is 6.64. The molecule has 0 amide bonds. The summed E-state index contributed by atoms with van der Waals surface area (Å²) in [6, 6.07) is 7.52. The fourth-order valence-corrected chi connectivity index (χ4v) is 2.41. The molecule has 0 fully saturated rings. The van der Waals surface area contributed by atoms with Crippen LogP contribution < -0.4 is 9.47 Å². The second kappa shape index (κ2) is 10.8. The lowest BCUT2D eigenvalue weighted by Crippen LogP contribution is -2.16. The van der Waals surface area contributed by atoms with E-state index in [1.54, 1.807) is 21.0 Å². The number of esters is 1. The second-order valence-corrected chi connectivity index (χ2v) is 6.64. The lowest BCUT2D eigenvalue weighted by atomic mass is 10.2. The standard InChI is InChI=1S/C21H22N4O7/c1-14(2)32-21(27)31-13-30-19(26)16-8-24-25(11-16)20-22-9-18(10-23-20)29-12-15-5-4-6-17(7-15)28-3/h4-11,14H,12-13H2,1-3H3. The Morgan fingerprint density at radius 2 is 1.84 bits per heavy atom. The average Bonchev–Trinajstić information content (AvgIpc) is 3.28. The molecule has 2 heterocycles. The number of carbonyl (C=O) groups excluding carboxylic acids is 2. The van der Waals surface area contributed by atoms with Crippen LogP contribution in [0, 0.1) is 0 Å². The van der Waals surface area contributed by atoms with Crippen LogP contribution in [-0.2, 0) is 20.8 Å². The van der Waals surface area contributed by atoms with Crippen LogP contribution in [0.2, 0.25) is 0 Å². The van der Waals surface area contributed by atoms with E-state index >= 15 is 0 Å². The molecule has 0 atom stereocenters. The summed E-state index contributed by atoms with van der Waals surface area (Å²) in [5.74, 6) is 0.711. The van der Waals surface area contributed by atoms with Crippen molar-refractivity contribution in [1.29, 1.82) is 0 Å². The Balaban J connectivity index is 1.52. The van der Waals surface area contributed by atoms with E-state index in [-0.39, 0.29) is 17.6 Å². The molecular weight excluding hydrogens is 420 g/mol. The van der Waals surface area contributed by atoms with Gasteiger partial charge in [0.15, 0.2) is 5.75 Å². The molecule has 168 valence electrons. The molecule has 0 saturated carbocycles. The van der Waals surface area contributed by atoms with Crippen LogP contribution in [0.5, 0.6) is 11.5 Å². The molecule has 0 spiro atoms. The molecule has 11 nitrogen and oxygen atoms in total. The SMILES string of the molecule is COc1cccc(COc2cnc(-n3cc(C(=O)OCOC(=O)OC(C)C)cn3)nc2)c1. The molecule has 0 bridgehead atoms. The summed E-state index contributed by atoms with van der Waals surface area (Å²) in [4.78, 5) is 31.7. The van der Waals surface area contributed by atoms with Gasteiger partial charge in [-0.05, 0) is 31.5 Å². The van der Waals surface area contributed by atoms with Gasteiger partial charge in [0, 0.05) is 6.20 Å². The number of benzene rings is 1. The van der Waals surface area contributed by atoms with E-state index in [1.807, 2.05) is 24.3 Å². The Bertz CT molecular complexity index is 1050. The molecule has 0 unspecified atom stereocenters. The number of rotatable bonds is 9. The fourth-order valence-electron chi connectivity index (χ4n) is 2.41. The average molecular weight is 442 g/mol. The molecule has 0 aliphatic rings. The van der Waals surface area contributed by atoms with Gasteiger partial charge < -0.3 is 23.7 Å². The first-order valence-electron chi connectivity index (χ1n) is 9.58. The summed E-state index contributed by atoms with van der Waals surface area (Å²) < 4.78 is 26.4. The highest BCUT2D eigenvalue weighted by atomic mass is 16.8. The first-order valence-corrected chi connectivity index (χ1v) is 9.58. The summed E-state index contributed by atoms with van der Waals surface area (Å²) in [5.41, 5.74) is 1.07. The van der Waals surface area contributed by atoms with Crippen molar-refractivity contribution in [3.8, 4) is 17.4 Å². The Hall–Kier alpha value is -4.15. The largest absolute Gasteiger partial charge is 0.511 e. The van der Waals surface area contributed by atoms with Crippen molar-refractivity contribution in [2.45, 2.75) is 26.6 Å². The monoisotopic (exact) mass is 442 g/mol. The quantitative estimate of drug-likeness (QED) is 0.361. The van der Waals surface area contributed by atoms with Gasteiger partial charge in [0.05, 0.1) is 37.4 Å². The van der Waals surface area contributed by atoms with Crippen LogP contribution >= 0.6 is 0 Å². The Labute approximate surface area is 183 Å². The maximum Gasteiger partial charge on any atom is 0.511 e. The third kappa shape index (κ3) is 6.42. The molecule has 0 aliphatic carbocycles. The van der Waals surface area contributed by atoms with Crippen molar-refractivity contribution < 1.29 is 33.3 Å². The highest BCUT2D eigenvalue weighted by Crippen LogP contribution is 2.16. The molecule has 0 aliphatic heterocycles. The van der Waals surface area contributed by atoms with Crippen LogP contribution in [-0.4, -0.2) is 51.9 Å². The van der Waals surface area contributed by atoms with Gasteiger partial charge in [-0.2, -0.15) is 5.10 Å². The van der Waals surface area contributed by atoms with Gasteiger partial charge in [-0.25, -0.2) is 24.2 Å². The van der Waals surface area contributed by atoms with Crippen molar-refractivity contribution >= 4 is 12.1 Å². The van der Waals surface area contributed by atoms with Crippen LogP contribution in [0.25, 0.3) is 5.95 Å². The normalized spacial score (nSPS) is 10.5. The number of nitrogens with zero attached hydrogens (tertiary/aromatic N) is 4. The van der Waals surface area contributed by atoms with E-state index in [2.05, 4.69) is 19.8 Å². The van der Waals surface area contributed by atoms with Gasteiger partial charge in [-0.15, -0.1) is 0 Å². The van der Waals surface area contributed by atoms with Crippen LogP contribution in [0.1, 0.15) is 29.8 Å². The summed E-state index contributed by atoms with van der Waals surface area (Å²) in [7, 11) is 1.60. The fraction of sp³-hybridized carbons (Fsp3) is 0.286. The zero-order valence-electron chi connectivity index (χ0n) is 17.8. The lowest BCUT2D eigenvalue weighted by Gasteiger charge is -2.08. The Morgan fingerprint density at radius 1 is 1.06 bits per heavy atom. The molecule has 0 saturated heterocycles. The zero-order valence-corrected chi connectivity index (χ0v) is 17.8. The van der Waals surface area contributed by atoms with E-state index < -0.39 is 18.9 Å². The van der Waals surface area contributed by atoms with E-state index in [4.69, 9.17) is 18.9 Å². The van der Waals surface area contributed by atoms with E-state index in [0.29, 0.717) is 12.4 Å². The molecule has 2 aromatic heterocycles. The van der Waals surface area contributed by atoms with Gasteiger partial charge in [0.2, 0.25) is 6.79 Å². The summed E-state index contributed by atoms with van der Waals surface area (Å²) in [6.07, 6.45) is 4.40. The van der Waals surface area contributed by atoms with Crippen molar-refractivity contribution in [1.82, 2.24) is 19.7 Å². The predicted molar refractivity (Wildman–Crippen MR) is 109 cm³/mol. The van der Waals surface area contributed by atoms with Gasteiger partial charge >= 0.3 is 12.1 Å². The van der Waals surface area contributed by atoms with Gasteiger partial charge in [0.25, 0.3) is 5.95 Å². The first-order chi connectivity index (χ1) is 15.4. The molecule has 0 N–H and O–H groups in total. The topological polar surface area (TPSA) is 124 Å². The minimum Gasteiger partial charge on any atom is -0.497 e. The zero-order chi connectivity index (χ0) is 22.9. The van der Waals surface area contributed by atoms with Crippen molar-refractivity contribution in [2.75, 3.05) is 13.9 Å². The molecule has 3 aromatic rings. The lowest BCUT2D eigenvalue weighted by molar-refractivity contribution is -0.0344. The molecular formula is C21H22N4O7. The first kappa shape index (κ1) is 22.5. The van der Waals surface area contributed by atoms with Gasteiger partial charge in [-0.1, -0.05) is 12.1 Å². The number of methoxy groups -OCH3 is 1. The smallest absolute Gasteiger partial charge is 0.497 e. The number of ether oxygens (including phenoxy) is 5. The van der Waals surface area contributed by atoms with Gasteiger partial charge in [-0.3, -0.25) is 0 Å². The molecule has 32 heavy (non-hydrogen) atoms. The minimum absolute atomic E-state index is 0.132. The summed E-state index contributed by atoms with van der Waals surface area (Å²) >= 11 is 0. The minimum atomic E-state index is -0.925. The molecule has 1 aromatic carbocycles. The summed E-state index contributed by atoms with van der Waals surface area (Å²) in [6.45, 7) is 3.09. The van der Waals surface area contributed by atoms with E-state index in [9.17, 15) is 9.59 Å². The molecule has 0 radical (unpaired) electrons. The maximum atomic E-state index is 12.0. The Kier molecular flexibility index (Phi) is 7.57. The van der Waals surface area contributed by atoms with Crippen molar-refractivity contribution in [3.63, 3.8) is 0 Å². The van der Waals surface area contributed by atoms with Crippen molar-refractivity contribution in [2.24, 2.45) is 0 Å². The Morgan fingerprint density at radius 3 is 2.56 bits per heavy atom. The predicted octanol–water partition coefficient (Wildman–Crippen LogP) is 2.93. The number of carbonyl (C=O) groups is 2. The molecule has 11 heteroatoms. The van der Waals surface area contributed by atoms with Crippen LogP contribution in [0.15, 0.2) is 49.1 Å². The highest BCUT2D eigenvalue weighted by molar-refractivity contribution is 5.88. The van der Waals surface area contributed by atoms with E-state index in [1.165, 1.54) is 29.5 Å². The van der Waals surface area contributed by atoms with Crippen LogP contribution in [0.4, 0.5) is 4.79 Å². The highest BCUT2D eigenvalue weighted by Gasteiger charge is 2.14. The third-order valence-corrected chi connectivity index (χ3v) is 3.88. The third-order valence-electron chi connectivity index (χ3n) is 3.88. The maximum absolute atomic E-state index is 12.0. The van der Waals surface area contributed by atoms with Crippen LogP contribution in [0.3, 0.4) is 0 Å². The van der Waals surface area contributed by atoms with Crippen molar-refractivity contribution in [3.05, 3.63) is 60.2 Å².